The van der Waals surface area contributed by atoms with Crippen LogP contribution in [0, 0.1) is 13.8 Å². The van der Waals surface area contributed by atoms with Crippen LogP contribution >= 0.6 is 11.3 Å². The Morgan fingerprint density at radius 1 is 1.19 bits per heavy atom. The predicted octanol–water partition coefficient (Wildman–Crippen LogP) is 3.50. The molecule has 2 aromatic heterocycles. The summed E-state index contributed by atoms with van der Waals surface area (Å²) in [6, 6.07) is 7.48. The highest BCUT2D eigenvalue weighted by Gasteiger charge is 2.17. The minimum absolute atomic E-state index is 0.115. The van der Waals surface area contributed by atoms with Crippen molar-refractivity contribution in [2.75, 3.05) is 14.2 Å². The smallest absolute Gasteiger partial charge is 0.253 e. The van der Waals surface area contributed by atoms with E-state index in [2.05, 4.69) is 10.3 Å². The van der Waals surface area contributed by atoms with Crippen molar-refractivity contribution >= 4 is 17.2 Å². The number of amides is 1. The van der Waals surface area contributed by atoms with E-state index in [-0.39, 0.29) is 5.91 Å². The number of ether oxygens (including phenoxy) is 2. The first-order chi connectivity index (χ1) is 12.5. The third-order valence-corrected chi connectivity index (χ3v) is 4.94. The van der Waals surface area contributed by atoms with Gasteiger partial charge in [-0.25, -0.2) is 4.98 Å². The van der Waals surface area contributed by atoms with Crippen molar-refractivity contribution in [3.05, 3.63) is 58.4 Å². The molecule has 0 saturated carbocycles. The van der Waals surface area contributed by atoms with E-state index >= 15 is 0 Å². The maximum absolute atomic E-state index is 12.7. The Morgan fingerprint density at radius 2 is 1.96 bits per heavy atom. The summed E-state index contributed by atoms with van der Waals surface area (Å²) in [7, 11) is 3.19. The molecule has 3 aromatic rings. The predicted molar refractivity (Wildman–Crippen MR) is 102 cm³/mol. The first kappa shape index (κ1) is 18.0. The Bertz CT molecular complexity index is 917. The average Bonchev–Trinajstić information content (AvgIpc) is 3.27. The van der Waals surface area contributed by atoms with Gasteiger partial charge in [-0.3, -0.25) is 9.36 Å². The number of hydrogen-bond acceptors (Lipinski definition) is 5. The number of rotatable bonds is 6. The van der Waals surface area contributed by atoms with E-state index in [1.807, 2.05) is 48.1 Å². The van der Waals surface area contributed by atoms with Crippen LogP contribution < -0.4 is 14.8 Å². The number of aromatic nitrogens is 2. The van der Waals surface area contributed by atoms with E-state index in [0.29, 0.717) is 23.6 Å². The van der Waals surface area contributed by atoms with Crippen molar-refractivity contribution < 1.29 is 14.3 Å². The lowest BCUT2D eigenvalue weighted by Gasteiger charge is -2.10. The van der Waals surface area contributed by atoms with Crippen molar-refractivity contribution in [3.63, 3.8) is 0 Å². The van der Waals surface area contributed by atoms with Crippen LogP contribution in [-0.2, 0) is 6.54 Å². The average molecular weight is 371 g/mol. The fourth-order valence-electron chi connectivity index (χ4n) is 2.88. The lowest BCUT2D eigenvalue weighted by Crippen LogP contribution is -2.23. The number of carbonyl (C=O) groups is 1. The lowest BCUT2D eigenvalue weighted by molar-refractivity contribution is 0.0950. The molecule has 0 aliphatic rings. The number of nitrogens with zero attached hydrogens (tertiary/aromatic N) is 2. The molecule has 1 amide bonds. The summed E-state index contributed by atoms with van der Waals surface area (Å²) in [5, 5.41) is 5.75. The zero-order chi connectivity index (χ0) is 18.7. The van der Waals surface area contributed by atoms with E-state index in [0.717, 1.165) is 22.1 Å². The fourth-order valence-corrected chi connectivity index (χ4v) is 3.63. The first-order valence-corrected chi connectivity index (χ1v) is 9.01. The van der Waals surface area contributed by atoms with Crippen LogP contribution in [0.25, 0.3) is 5.13 Å². The van der Waals surface area contributed by atoms with Crippen molar-refractivity contribution in [2.45, 2.75) is 20.4 Å². The summed E-state index contributed by atoms with van der Waals surface area (Å²) in [4.78, 5) is 17.0. The van der Waals surface area contributed by atoms with Gasteiger partial charge in [0.2, 0.25) is 0 Å². The topological polar surface area (TPSA) is 65.4 Å². The molecule has 1 N–H and O–H groups in total. The number of benzene rings is 1. The summed E-state index contributed by atoms with van der Waals surface area (Å²) in [6.07, 6.45) is 1.76. The molecule has 0 bridgehead atoms. The number of nitrogens with one attached hydrogen (secondary N) is 1. The molecule has 7 heteroatoms. The SMILES string of the molecule is COc1ccc(CNC(=O)c2cc(C)n(-c3nccs3)c2C)cc1OC. The molecule has 26 heavy (non-hydrogen) atoms. The zero-order valence-corrected chi connectivity index (χ0v) is 16.0. The van der Waals surface area contributed by atoms with Crippen LogP contribution in [0.15, 0.2) is 35.8 Å². The molecule has 136 valence electrons. The van der Waals surface area contributed by atoms with Crippen LogP contribution in [-0.4, -0.2) is 29.7 Å². The molecule has 2 heterocycles. The molecule has 3 rings (SSSR count). The second-order valence-electron chi connectivity index (χ2n) is 5.81. The Hall–Kier alpha value is -2.80. The van der Waals surface area contributed by atoms with Crippen molar-refractivity contribution in [1.29, 1.82) is 0 Å². The molecule has 0 atom stereocenters. The molecule has 0 radical (unpaired) electrons. The Balaban J connectivity index is 1.76. The number of hydrogen-bond donors (Lipinski definition) is 1. The fraction of sp³-hybridized carbons (Fsp3) is 0.263. The minimum atomic E-state index is -0.115. The largest absolute Gasteiger partial charge is 0.493 e. The maximum atomic E-state index is 12.7. The number of methoxy groups -OCH3 is 2. The van der Waals surface area contributed by atoms with E-state index in [9.17, 15) is 4.79 Å². The summed E-state index contributed by atoms with van der Waals surface area (Å²) < 4.78 is 12.5. The molecular formula is C19H21N3O3S. The van der Waals surface area contributed by atoms with Gasteiger partial charge in [0, 0.05) is 29.5 Å². The van der Waals surface area contributed by atoms with Crippen LogP contribution in [0.4, 0.5) is 0 Å². The van der Waals surface area contributed by atoms with E-state index in [4.69, 9.17) is 9.47 Å². The summed E-state index contributed by atoms with van der Waals surface area (Å²) in [5.74, 6) is 1.19. The quantitative estimate of drug-likeness (QED) is 0.720. The third-order valence-electron chi connectivity index (χ3n) is 4.19. The molecule has 0 unspecified atom stereocenters. The van der Waals surface area contributed by atoms with Gasteiger partial charge in [0.25, 0.3) is 5.91 Å². The van der Waals surface area contributed by atoms with Gasteiger partial charge in [-0.15, -0.1) is 11.3 Å². The van der Waals surface area contributed by atoms with Crippen LogP contribution in [0.1, 0.15) is 27.3 Å². The van der Waals surface area contributed by atoms with Crippen molar-refractivity contribution in [2.24, 2.45) is 0 Å². The first-order valence-electron chi connectivity index (χ1n) is 8.13. The highest BCUT2D eigenvalue weighted by atomic mass is 32.1. The van der Waals surface area contributed by atoms with E-state index in [1.54, 1.807) is 31.8 Å². The molecule has 0 saturated heterocycles. The minimum Gasteiger partial charge on any atom is -0.493 e. The molecule has 0 aliphatic carbocycles. The highest BCUT2D eigenvalue weighted by molar-refractivity contribution is 7.12. The number of thiazole rings is 1. The third kappa shape index (κ3) is 3.43. The Morgan fingerprint density at radius 3 is 2.62 bits per heavy atom. The van der Waals surface area contributed by atoms with Gasteiger partial charge in [-0.2, -0.15) is 0 Å². The maximum Gasteiger partial charge on any atom is 0.253 e. The van der Waals surface area contributed by atoms with Crippen LogP contribution in [0.3, 0.4) is 0 Å². The van der Waals surface area contributed by atoms with Gasteiger partial charge in [0.05, 0.1) is 19.8 Å². The summed E-state index contributed by atoms with van der Waals surface area (Å²) in [6.45, 7) is 4.30. The van der Waals surface area contributed by atoms with Crippen molar-refractivity contribution in [1.82, 2.24) is 14.9 Å². The van der Waals surface area contributed by atoms with Gasteiger partial charge >= 0.3 is 0 Å². The van der Waals surface area contributed by atoms with Crippen LogP contribution in [0.5, 0.6) is 11.5 Å². The number of aryl methyl sites for hydroxylation is 1. The highest BCUT2D eigenvalue weighted by Crippen LogP contribution is 2.27. The van der Waals surface area contributed by atoms with Gasteiger partial charge in [0.15, 0.2) is 16.6 Å². The van der Waals surface area contributed by atoms with E-state index in [1.165, 1.54) is 0 Å². The summed E-state index contributed by atoms with van der Waals surface area (Å²) >= 11 is 1.54. The normalized spacial score (nSPS) is 10.6. The van der Waals surface area contributed by atoms with E-state index < -0.39 is 0 Å². The molecule has 0 fully saturated rings. The zero-order valence-electron chi connectivity index (χ0n) is 15.2. The second kappa shape index (κ2) is 7.61. The molecule has 6 nitrogen and oxygen atoms in total. The molecular weight excluding hydrogens is 350 g/mol. The van der Waals surface area contributed by atoms with Crippen LogP contribution in [0.2, 0.25) is 0 Å². The van der Waals surface area contributed by atoms with Gasteiger partial charge in [-0.1, -0.05) is 6.07 Å². The monoisotopic (exact) mass is 371 g/mol. The second-order valence-corrected chi connectivity index (χ2v) is 6.68. The Kier molecular flexibility index (Phi) is 5.27. The lowest BCUT2D eigenvalue weighted by atomic mass is 10.2. The number of carbonyl (C=O) groups excluding carboxylic acids is 1. The molecule has 0 aliphatic heterocycles. The molecule has 0 spiro atoms. The van der Waals surface area contributed by atoms with Gasteiger partial charge in [0.1, 0.15) is 0 Å². The standard InChI is InChI=1S/C19H21N3O3S/c1-12-9-15(13(2)22(12)19-20-7-8-26-19)18(23)21-11-14-5-6-16(24-3)17(10-14)25-4/h5-10H,11H2,1-4H3,(H,21,23). The Labute approximate surface area is 156 Å². The van der Waals surface area contributed by atoms with Crippen molar-refractivity contribution in [3.8, 4) is 16.6 Å². The van der Waals surface area contributed by atoms with Gasteiger partial charge in [-0.05, 0) is 37.6 Å². The van der Waals surface area contributed by atoms with Gasteiger partial charge < -0.3 is 14.8 Å². The molecule has 1 aromatic carbocycles. The summed E-state index contributed by atoms with van der Waals surface area (Å²) in [5.41, 5.74) is 3.44.